The van der Waals surface area contributed by atoms with Crippen LogP contribution in [-0.4, -0.2) is 11.5 Å². The van der Waals surface area contributed by atoms with Crippen LogP contribution >= 0.6 is 23.1 Å². The van der Waals surface area contributed by atoms with Crippen LogP contribution in [0.4, 0.5) is 13.2 Å². The summed E-state index contributed by atoms with van der Waals surface area (Å²) >= 11 is 2.93. The van der Waals surface area contributed by atoms with Crippen LogP contribution in [0.5, 0.6) is 0 Å². The minimum absolute atomic E-state index is 0.00971. The summed E-state index contributed by atoms with van der Waals surface area (Å²) in [5, 5.41) is 4.47. The molecule has 102 valence electrons. The molecule has 0 aliphatic carbocycles. The Labute approximate surface area is 116 Å². The average molecular weight is 304 g/mol. The number of nitrogens with two attached hydrogens (primary N) is 1. The van der Waals surface area contributed by atoms with Crippen molar-refractivity contribution in [3.63, 3.8) is 0 Å². The van der Waals surface area contributed by atoms with Crippen molar-refractivity contribution in [2.45, 2.75) is 16.5 Å². The van der Waals surface area contributed by atoms with Crippen LogP contribution in [0, 0.1) is 0 Å². The molecule has 0 spiro atoms. The molecule has 2 nitrogen and oxygen atoms in total. The molecular formula is C12H11F3N2S2. The van der Waals surface area contributed by atoms with Crippen LogP contribution in [0.25, 0.3) is 0 Å². The molecule has 0 fully saturated rings. The summed E-state index contributed by atoms with van der Waals surface area (Å²) in [4.78, 5) is 3.83. The van der Waals surface area contributed by atoms with Gasteiger partial charge in [0.2, 0.25) is 0 Å². The van der Waals surface area contributed by atoms with Crippen LogP contribution < -0.4 is 5.73 Å². The molecule has 0 saturated heterocycles. The van der Waals surface area contributed by atoms with Gasteiger partial charge in [-0.1, -0.05) is 11.8 Å². The van der Waals surface area contributed by atoms with Crippen molar-refractivity contribution in [3.05, 3.63) is 46.3 Å². The fourth-order valence-corrected chi connectivity index (χ4v) is 3.20. The fourth-order valence-electron chi connectivity index (χ4n) is 1.47. The molecule has 2 aromatic rings. The van der Waals surface area contributed by atoms with Crippen LogP contribution in [0.15, 0.2) is 40.2 Å². The van der Waals surface area contributed by atoms with E-state index in [1.165, 1.54) is 17.8 Å². The number of alkyl halides is 3. The Hall–Kier alpha value is -1.05. The molecule has 2 rings (SSSR count). The van der Waals surface area contributed by atoms with Crippen molar-refractivity contribution >= 4 is 23.1 Å². The van der Waals surface area contributed by atoms with Crippen molar-refractivity contribution in [2.75, 3.05) is 6.54 Å². The van der Waals surface area contributed by atoms with Gasteiger partial charge in [0.05, 0.1) is 10.6 Å². The second-order valence-electron chi connectivity index (χ2n) is 3.78. The lowest BCUT2D eigenvalue weighted by molar-refractivity contribution is -0.137. The number of halogens is 3. The van der Waals surface area contributed by atoms with Crippen molar-refractivity contribution in [1.82, 2.24) is 4.98 Å². The molecule has 2 N–H and O–H groups in total. The Morgan fingerprint density at radius 1 is 1.32 bits per heavy atom. The minimum atomic E-state index is -4.35. The Balaban J connectivity index is 2.11. The van der Waals surface area contributed by atoms with Crippen LogP contribution in [0.2, 0.25) is 0 Å². The Kier molecular flexibility index (Phi) is 4.49. The summed E-state index contributed by atoms with van der Waals surface area (Å²) < 4.78 is 37.2. The number of nitrogens with zero attached hydrogens (tertiary/aromatic N) is 1. The van der Waals surface area contributed by atoms with Gasteiger partial charge >= 0.3 is 6.18 Å². The molecule has 1 unspecified atom stereocenters. The number of thioether (sulfide) groups is 1. The van der Waals surface area contributed by atoms with E-state index in [4.69, 9.17) is 5.73 Å². The van der Waals surface area contributed by atoms with Crippen LogP contribution in [0.3, 0.4) is 0 Å². The highest BCUT2D eigenvalue weighted by molar-refractivity contribution is 7.99. The Morgan fingerprint density at radius 2 is 2.11 bits per heavy atom. The highest BCUT2D eigenvalue weighted by atomic mass is 32.2. The van der Waals surface area contributed by atoms with Gasteiger partial charge in [0.25, 0.3) is 0 Å². The summed E-state index contributed by atoms with van der Waals surface area (Å²) in [6, 6.07) is 4.37. The monoisotopic (exact) mass is 304 g/mol. The lowest BCUT2D eigenvalue weighted by Gasteiger charge is -2.13. The van der Waals surface area contributed by atoms with Crippen LogP contribution in [-0.2, 0) is 6.18 Å². The van der Waals surface area contributed by atoms with E-state index in [9.17, 15) is 13.2 Å². The Bertz CT molecular complexity index is 509. The predicted molar refractivity (Wildman–Crippen MR) is 71.2 cm³/mol. The zero-order chi connectivity index (χ0) is 13.9. The van der Waals surface area contributed by atoms with Gasteiger partial charge in [-0.2, -0.15) is 24.5 Å². The molecule has 0 radical (unpaired) electrons. The SMILES string of the molecule is NCC(Sc1ccc(C(F)(F)F)cn1)c1ccsc1. The smallest absolute Gasteiger partial charge is 0.329 e. The molecule has 2 heterocycles. The maximum Gasteiger partial charge on any atom is 0.417 e. The number of aromatic nitrogens is 1. The number of rotatable bonds is 4. The summed E-state index contributed by atoms with van der Waals surface area (Å²) in [7, 11) is 0. The number of pyridine rings is 1. The second-order valence-corrected chi connectivity index (χ2v) is 5.78. The topological polar surface area (TPSA) is 38.9 Å². The average Bonchev–Trinajstić information content (AvgIpc) is 2.89. The highest BCUT2D eigenvalue weighted by Crippen LogP contribution is 2.35. The lowest BCUT2D eigenvalue weighted by Crippen LogP contribution is -2.09. The van der Waals surface area contributed by atoms with Gasteiger partial charge in [-0.15, -0.1) is 0 Å². The fraction of sp³-hybridized carbons (Fsp3) is 0.250. The molecule has 0 aliphatic heterocycles. The van der Waals surface area contributed by atoms with Gasteiger partial charge in [0.15, 0.2) is 0 Å². The van der Waals surface area contributed by atoms with E-state index in [1.54, 1.807) is 11.3 Å². The van der Waals surface area contributed by atoms with E-state index in [1.807, 2.05) is 16.8 Å². The first kappa shape index (κ1) is 14.4. The lowest BCUT2D eigenvalue weighted by atomic mass is 10.2. The molecule has 0 bridgehead atoms. The van der Waals surface area contributed by atoms with E-state index < -0.39 is 11.7 Å². The molecule has 0 aromatic carbocycles. The van der Waals surface area contributed by atoms with E-state index in [2.05, 4.69) is 4.98 Å². The zero-order valence-corrected chi connectivity index (χ0v) is 11.4. The molecule has 1 atom stereocenters. The van der Waals surface area contributed by atoms with E-state index in [0.717, 1.165) is 17.8 Å². The predicted octanol–water partition coefficient (Wildman–Crippen LogP) is 3.95. The van der Waals surface area contributed by atoms with Crippen LogP contribution in [0.1, 0.15) is 16.4 Å². The molecule has 19 heavy (non-hydrogen) atoms. The highest BCUT2D eigenvalue weighted by Gasteiger charge is 2.30. The van der Waals surface area contributed by atoms with E-state index >= 15 is 0 Å². The summed E-state index contributed by atoms with van der Waals surface area (Å²) in [6.07, 6.45) is -3.50. The molecule has 0 amide bonds. The third-order valence-corrected chi connectivity index (χ3v) is 4.39. The number of hydrogen-bond donors (Lipinski definition) is 1. The van der Waals surface area contributed by atoms with Gasteiger partial charge in [-0.25, -0.2) is 4.98 Å². The van der Waals surface area contributed by atoms with Crippen molar-refractivity contribution in [3.8, 4) is 0 Å². The largest absolute Gasteiger partial charge is 0.417 e. The normalized spacial score (nSPS) is 13.5. The molecule has 0 saturated carbocycles. The maximum absolute atomic E-state index is 12.4. The van der Waals surface area contributed by atoms with Crippen molar-refractivity contribution in [1.29, 1.82) is 0 Å². The van der Waals surface area contributed by atoms with Gasteiger partial charge < -0.3 is 5.73 Å². The summed E-state index contributed by atoms with van der Waals surface area (Å²) in [5.41, 5.74) is 6.02. The van der Waals surface area contributed by atoms with E-state index in [0.29, 0.717) is 11.6 Å². The summed E-state index contributed by atoms with van der Waals surface area (Å²) in [6.45, 7) is 0.407. The standard InChI is InChI=1S/C12H11F3N2S2/c13-12(14,15)9-1-2-11(17-6-9)19-10(5-16)8-3-4-18-7-8/h1-4,6-7,10H,5,16H2. The first-order valence-electron chi connectivity index (χ1n) is 5.43. The van der Waals surface area contributed by atoms with Crippen molar-refractivity contribution in [2.24, 2.45) is 5.73 Å². The first-order chi connectivity index (χ1) is 9.00. The Morgan fingerprint density at radius 3 is 2.58 bits per heavy atom. The quantitative estimate of drug-likeness (QED) is 0.869. The van der Waals surface area contributed by atoms with E-state index in [-0.39, 0.29) is 5.25 Å². The van der Waals surface area contributed by atoms with Gasteiger partial charge in [-0.3, -0.25) is 0 Å². The first-order valence-corrected chi connectivity index (χ1v) is 7.25. The minimum Gasteiger partial charge on any atom is -0.329 e. The second kappa shape index (κ2) is 5.94. The van der Waals surface area contributed by atoms with Gasteiger partial charge in [0, 0.05) is 18.0 Å². The van der Waals surface area contributed by atoms with Crippen molar-refractivity contribution < 1.29 is 13.2 Å². The molecular weight excluding hydrogens is 293 g/mol. The third kappa shape index (κ3) is 3.71. The molecule has 0 aliphatic rings. The number of thiophene rings is 1. The summed E-state index contributed by atoms with van der Waals surface area (Å²) in [5.74, 6) is 0. The maximum atomic E-state index is 12.4. The molecule has 2 aromatic heterocycles. The van der Waals surface area contributed by atoms with Gasteiger partial charge in [0.1, 0.15) is 0 Å². The zero-order valence-electron chi connectivity index (χ0n) is 9.72. The number of hydrogen-bond acceptors (Lipinski definition) is 4. The molecule has 7 heteroatoms. The van der Waals surface area contributed by atoms with Gasteiger partial charge in [-0.05, 0) is 34.5 Å². The third-order valence-electron chi connectivity index (χ3n) is 2.46.